The van der Waals surface area contributed by atoms with E-state index in [1.807, 2.05) is 6.07 Å². The second-order valence-electron chi connectivity index (χ2n) is 5.25. The molecule has 0 atom stereocenters. The monoisotopic (exact) mass is 339 g/mol. The molecule has 0 aliphatic carbocycles. The number of benzene rings is 2. The Kier molecular flexibility index (Phi) is 3.83. The SMILES string of the molecule is Cn1c(=O)ccc2cc(NS(=O)(=O)c3cccc(C#N)c3)ccc21. The number of sulfonamides is 1. The summed E-state index contributed by atoms with van der Waals surface area (Å²) < 4.78 is 28.9. The third-order valence-corrected chi connectivity index (χ3v) is 5.03. The fourth-order valence-electron chi connectivity index (χ4n) is 2.40. The molecule has 0 spiro atoms. The number of pyridine rings is 1. The molecule has 3 aromatic rings. The quantitative estimate of drug-likeness (QED) is 0.792. The number of fused-ring (bicyclic) bond motifs is 1. The van der Waals surface area contributed by atoms with Gasteiger partial charge < -0.3 is 4.57 Å². The molecule has 1 aromatic heterocycles. The first kappa shape index (κ1) is 15.8. The highest BCUT2D eigenvalue weighted by atomic mass is 32.2. The Hall–Kier alpha value is -3.11. The fraction of sp³-hybridized carbons (Fsp3) is 0.0588. The zero-order valence-electron chi connectivity index (χ0n) is 12.7. The van der Waals surface area contributed by atoms with Crippen LogP contribution in [0.1, 0.15) is 5.56 Å². The first-order valence-corrected chi connectivity index (χ1v) is 8.52. The molecular weight excluding hydrogens is 326 g/mol. The molecule has 0 bridgehead atoms. The summed E-state index contributed by atoms with van der Waals surface area (Å²) in [4.78, 5) is 11.6. The molecule has 1 heterocycles. The molecule has 7 heteroatoms. The molecule has 0 saturated heterocycles. The topological polar surface area (TPSA) is 92.0 Å². The fourth-order valence-corrected chi connectivity index (χ4v) is 3.49. The number of nitriles is 1. The van der Waals surface area contributed by atoms with Crippen LogP contribution < -0.4 is 10.3 Å². The van der Waals surface area contributed by atoms with Crippen LogP contribution in [0.15, 0.2) is 64.3 Å². The van der Waals surface area contributed by atoms with Gasteiger partial charge in [0.2, 0.25) is 0 Å². The molecule has 24 heavy (non-hydrogen) atoms. The molecule has 0 aliphatic heterocycles. The van der Waals surface area contributed by atoms with E-state index < -0.39 is 10.0 Å². The van der Waals surface area contributed by atoms with E-state index in [9.17, 15) is 13.2 Å². The molecule has 3 rings (SSSR count). The van der Waals surface area contributed by atoms with E-state index in [1.54, 1.807) is 31.3 Å². The summed E-state index contributed by atoms with van der Waals surface area (Å²) in [5.41, 5.74) is 1.22. The average Bonchev–Trinajstić information content (AvgIpc) is 2.58. The molecule has 6 nitrogen and oxygen atoms in total. The van der Waals surface area contributed by atoms with Gasteiger partial charge in [-0.15, -0.1) is 0 Å². The number of aromatic nitrogens is 1. The van der Waals surface area contributed by atoms with Crippen molar-refractivity contribution >= 4 is 26.6 Å². The maximum Gasteiger partial charge on any atom is 0.261 e. The molecule has 0 amide bonds. The standard InChI is InChI=1S/C17H13N3O3S/c1-20-16-7-6-14(10-13(16)5-8-17(20)21)19-24(22,23)15-4-2-3-12(9-15)11-18/h2-10,19H,1H3. The van der Waals surface area contributed by atoms with Crippen molar-refractivity contribution in [2.75, 3.05) is 4.72 Å². The zero-order valence-corrected chi connectivity index (χ0v) is 13.5. The molecular formula is C17H13N3O3S. The van der Waals surface area contributed by atoms with Crippen molar-refractivity contribution in [1.82, 2.24) is 4.57 Å². The van der Waals surface area contributed by atoms with Gasteiger partial charge in [0, 0.05) is 24.2 Å². The minimum atomic E-state index is -3.80. The predicted octanol–water partition coefficient (Wildman–Crippen LogP) is 2.21. The van der Waals surface area contributed by atoms with Crippen LogP contribution in [0.25, 0.3) is 10.9 Å². The Balaban J connectivity index is 2.01. The van der Waals surface area contributed by atoms with Gasteiger partial charge in [-0.1, -0.05) is 6.07 Å². The van der Waals surface area contributed by atoms with E-state index in [0.29, 0.717) is 11.2 Å². The van der Waals surface area contributed by atoms with Gasteiger partial charge in [-0.3, -0.25) is 9.52 Å². The number of nitrogens with zero attached hydrogens (tertiary/aromatic N) is 2. The van der Waals surface area contributed by atoms with Crippen LogP contribution in [0.4, 0.5) is 5.69 Å². The molecule has 1 N–H and O–H groups in total. The van der Waals surface area contributed by atoms with Crippen molar-refractivity contribution in [3.8, 4) is 6.07 Å². The molecule has 0 aliphatic rings. The van der Waals surface area contributed by atoms with Crippen LogP contribution in [-0.2, 0) is 17.1 Å². The number of hydrogen-bond donors (Lipinski definition) is 1. The van der Waals surface area contributed by atoms with Crippen LogP contribution in [0.5, 0.6) is 0 Å². The van der Waals surface area contributed by atoms with Crippen LogP contribution in [0.2, 0.25) is 0 Å². The van der Waals surface area contributed by atoms with Crippen molar-refractivity contribution in [3.63, 3.8) is 0 Å². The summed E-state index contributed by atoms with van der Waals surface area (Å²) in [5, 5.41) is 9.63. The third kappa shape index (κ3) is 2.87. The molecule has 0 unspecified atom stereocenters. The Morgan fingerprint density at radius 3 is 2.62 bits per heavy atom. The summed E-state index contributed by atoms with van der Waals surface area (Å²) in [5.74, 6) is 0. The summed E-state index contributed by atoms with van der Waals surface area (Å²) >= 11 is 0. The van der Waals surface area contributed by atoms with Gasteiger partial charge >= 0.3 is 0 Å². The number of anilines is 1. The normalized spacial score (nSPS) is 11.2. The smallest absolute Gasteiger partial charge is 0.261 e. The van der Waals surface area contributed by atoms with Crippen molar-refractivity contribution in [2.45, 2.75) is 4.90 Å². The van der Waals surface area contributed by atoms with Gasteiger partial charge in [0.1, 0.15) is 0 Å². The lowest BCUT2D eigenvalue weighted by atomic mass is 10.2. The maximum atomic E-state index is 12.5. The zero-order chi connectivity index (χ0) is 17.3. The molecule has 2 aromatic carbocycles. The summed E-state index contributed by atoms with van der Waals surface area (Å²) in [6, 6.07) is 15.7. The Labute approximate surface area is 138 Å². The van der Waals surface area contributed by atoms with Crippen LogP contribution in [-0.4, -0.2) is 13.0 Å². The van der Waals surface area contributed by atoms with Gasteiger partial charge in [-0.2, -0.15) is 5.26 Å². The molecule has 120 valence electrons. The Bertz CT molecular complexity index is 1140. The summed E-state index contributed by atoms with van der Waals surface area (Å²) in [6.07, 6.45) is 0. The molecule has 0 saturated carbocycles. The van der Waals surface area contributed by atoms with Gasteiger partial charge in [0.05, 0.1) is 22.0 Å². The average molecular weight is 339 g/mol. The number of nitrogens with one attached hydrogen (secondary N) is 1. The Morgan fingerprint density at radius 2 is 1.88 bits per heavy atom. The second kappa shape index (κ2) is 5.83. The third-order valence-electron chi connectivity index (χ3n) is 3.65. The highest BCUT2D eigenvalue weighted by Gasteiger charge is 2.15. The van der Waals surface area contributed by atoms with Crippen molar-refractivity contribution in [3.05, 3.63) is 70.5 Å². The van der Waals surface area contributed by atoms with Crippen LogP contribution in [0.3, 0.4) is 0 Å². The summed E-state index contributed by atoms with van der Waals surface area (Å²) in [7, 11) is -2.15. The van der Waals surface area contributed by atoms with Crippen LogP contribution in [0, 0.1) is 11.3 Å². The first-order valence-electron chi connectivity index (χ1n) is 7.03. The van der Waals surface area contributed by atoms with Gasteiger partial charge in [0.15, 0.2) is 0 Å². The van der Waals surface area contributed by atoms with Gasteiger partial charge in [-0.25, -0.2) is 8.42 Å². The minimum Gasteiger partial charge on any atom is -0.311 e. The van der Waals surface area contributed by atoms with Crippen LogP contribution >= 0.6 is 0 Å². The van der Waals surface area contributed by atoms with E-state index in [-0.39, 0.29) is 16.0 Å². The van der Waals surface area contributed by atoms with E-state index >= 15 is 0 Å². The van der Waals surface area contributed by atoms with Crippen molar-refractivity contribution < 1.29 is 8.42 Å². The highest BCUT2D eigenvalue weighted by Crippen LogP contribution is 2.21. The van der Waals surface area contributed by atoms with E-state index in [2.05, 4.69) is 4.72 Å². The number of aryl methyl sites for hydroxylation is 1. The molecule has 0 radical (unpaired) electrons. The predicted molar refractivity (Wildman–Crippen MR) is 91.2 cm³/mol. The van der Waals surface area contributed by atoms with Gasteiger partial charge in [0.25, 0.3) is 15.6 Å². The lowest BCUT2D eigenvalue weighted by molar-refractivity contribution is 0.601. The van der Waals surface area contributed by atoms with Gasteiger partial charge in [-0.05, 0) is 42.5 Å². The van der Waals surface area contributed by atoms with Crippen molar-refractivity contribution in [1.29, 1.82) is 5.26 Å². The second-order valence-corrected chi connectivity index (χ2v) is 6.93. The molecule has 0 fully saturated rings. The minimum absolute atomic E-state index is 0.0158. The first-order chi connectivity index (χ1) is 11.4. The maximum absolute atomic E-state index is 12.5. The van der Waals surface area contributed by atoms with E-state index in [4.69, 9.17) is 5.26 Å². The summed E-state index contributed by atoms with van der Waals surface area (Å²) in [6.45, 7) is 0. The lowest BCUT2D eigenvalue weighted by Crippen LogP contribution is -2.16. The highest BCUT2D eigenvalue weighted by molar-refractivity contribution is 7.92. The lowest BCUT2D eigenvalue weighted by Gasteiger charge is -2.10. The Morgan fingerprint density at radius 1 is 1.08 bits per heavy atom. The van der Waals surface area contributed by atoms with E-state index in [1.165, 1.54) is 34.9 Å². The number of hydrogen-bond acceptors (Lipinski definition) is 4. The number of rotatable bonds is 3. The largest absolute Gasteiger partial charge is 0.311 e. The van der Waals surface area contributed by atoms with E-state index in [0.717, 1.165) is 5.39 Å². The van der Waals surface area contributed by atoms with Crippen molar-refractivity contribution in [2.24, 2.45) is 7.05 Å².